The van der Waals surface area contributed by atoms with Crippen LogP contribution in [0.1, 0.15) is 147 Å². The van der Waals surface area contributed by atoms with Gasteiger partial charge in [-0.25, -0.2) is 14.6 Å². The van der Waals surface area contributed by atoms with Crippen LogP contribution in [0.5, 0.6) is 34.5 Å². The van der Waals surface area contributed by atoms with Crippen molar-refractivity contribution in [2.45, 2.75) is 165 Å². The van der Waals surface area contributed by atoms with E-state index in [0.29, 0.717) is 57.1 Å². The highest BCUT2D eigenvalue weighted by Gasteiger charge is 2.68. The Bertz CT molecular complexity index is 2790. The maximum atomic E-state index is 14.6. The van der Waals surface area contributed by atoms with Gasteiger partial charge in [-0.05, 0) is 93.6 Å². The molecule has 2 spiro atoms. The Morgan fingerprint density at radius 2 is 1.81 bits per heavy atom. The summed E-state index contributed by atoms with van der Waals surface area (Å²) in [4.78, 5) is 32.5. The summed E-state index contributed by atoms with van der Waals surface area (Å²) in [6, 6.07) is 8.80. The maximum Gasteiger partial charge on any atom is 0.344 e. The Balaban J connectivity index is 1.18. The van der Waals surface area contributed by atoms with Crippen LogP contribution in [0.25, 0.3) is 0 Å². The van der Waals surface area contributed by atoms with Crippen molar-refractivity contribution in [3.05, 3.63) is 63.7 Å². The standard InChI is InChI=1S/C57H74N4O16/c1-5-32-13-10-14-33(26-32)17-24-73-47-43(63)40-39-34(15-12-23-72-46(39)44(47)64)28-57(53(70)76-50(40)68)52(69)56(71)20-11-16-37-35(25-30(2)3)31(4)61-42-36(49(66)67)27-38(74-29-60-54(58)59-21-8-9-22-62)45(75-51(77-57)48(56)65)41(42)55(37)18-6-7-19-55/h10,13-14,26-27,30-31,34-35,37,48,51-53,61-65,69-71H,5-9,12,15,17-25,28-29H2,1-4H3,(H,66,67)(H3,58,59,60). The van der Waals surface area contributed by atoms with Gasteiger partial charge < -0.3 is 85.6 Å². The van der Waals surface area contributed by atoms with E-state index in [9.17, 15) is 50.4 Å². The number of aromatic carboxylic acids is 1. The lowest BCUT2D eigenvalue weighted by molar-refractivity contribution is -0.382. The minimum Gasteiger partial charge on any atom is -0.504 e. The molecular weight excluding hydrogens is 997 g/mol. The van der Waals surface area contributed by atoms with E-state index in [1.165, 1.54) is 6.07 Å². The summed E-state index contributed by atoms with van der Waals surface area (Å²) in [5.41, 5.74) is 2.11. The lowest BCUT2D eigenvalue weighted by Crippen LogP contribution is -2.76. The van der Waals surface area contributed by atoms with Crippen molar-refractivity contribution in [2.75, 3.05) is 38.4 Å². The van der Waals surface area contributed by atoms with Crippen LogP contribution in [0, 0.1) is 29.6 Å². The number of carbonyl (C=O) groups excluding carboxylic acids is 1. The molecule has 9 rings (SSSR count). The number of nitrogens with one attached hydrogen (secondary N) is 2. The minimum absolute atomic E-state index is 0.00183. The number of hydrogen-bond donors (Lipinski definition) is 11. The second-order valence-electron chi connectivity index (χ2n) is 22.0. The fraction of sp³-hybridized carbons (Fsp3) is 0.596. The van der Waals surface area contributed by atoms with Gasteiger partial charge in [0.2, 0.25) is 24.1 Å². The van der Waals surface area contributed by atoms with Gasteiger partial charge in [0, 0.05) is 60.6 Å². The summed E-state index contributed by atoms with van der Waals surface area (Å²) >= 11 is 0. The van der Waals surface area contributed by atoms with Gasteiger partial charge in [0.25, 0.3) is 0 Å². The number of unbranched alkanes of at least 4 members (excludes halogenated alkanes) is 1. The molecule has 0 aromatic heterocycles. The Hall–Kier alpha value is -6.21. The fourth-order valence-corrected chi connectivity index (χ4v) is 12.9. The molecule has 5 aliphatic heterocycles. The number of anilines is 1. The van der Waals surface area contributed by atoms with E-state index in [4.69, 9.17) is 34.2 Å². The molecular formula is C57H74N4O16. The Morgan fingerprint density at radius 3 is 2.53 bits per heavy atom. The summed E-state index contributed by atoms with van der Waals surface area (Å²) in [5, 5.41) is 102. The van der Waals surface area contributed by atoms with E-state index >= 15 is 0 Å². The molecule has 1 aliphatic carbocycles. The number of aryl methyl sites for hydroxylation is 1. The highest BCUT2D eigenvalue weighted by molar-refractivity contribution is 5.98. The molecule has 418 valence electrons. The molecule has 10 atom stereocenters. The normalized spacial score (nSPS) is 29.1. The number of fused-ring (bicyclic) bond motifs is 2. The highest BCUT2D eigenvalue weighted by atomic mass is 16.7. The van der Waals surface area contributed by atoms with Crippen molar-refractivity contribution in [3.63, 3.8) is 0 Å². The predicted molar refractivity (Wildman–Crippen MR) is 280 cm³/mol. The highest BCUT2D eigenvalue weighted by Crippen LogP contribution is 2.62. The van der Waals surface area contributed by atoms with Gasteiger partial charge in [-0.2, -0.15) is 0 Å². The molecule has 20 nitrogen and oxygen atoms in total. The van der Waals surface area contributed by atoms with Crippen molar-refractivity contribution in [1.29, 1.82) is 0 Å². The van der Waals surface area contributed by atoms with Gasteiger partial charge in [-0.1, -0.05) is 69.7 Å². The summed E-state index contributed by atoms with van der Waals surface area (Å²) in [6.07, 6.45) is -3.96. The lowest BCUT2D eigenvalue weighted by atomic mass is 9.62. The van der Waals surface area contributed by atoms with Gasteiger partial charge in [-0.3, -0.25) is 0 Å². The lowest BCUT2D eigenvalue weighted by Gasteiger charge is -2.55. The van der Waals surface area contributed by atoms with Crippen LogP contribution in [-0.4, -0.2) is 134 Å². The van der Waals surface area contributed by atoms with Crippen molar-refractivity contribution < 1.29 is 78.9 Å². The number of nitrogens with zero attached hydrogens (tertiary/aromatic N) is 1. The van der Waals surface area contributed by atoms with E-state index in [1.807, 2.05) is 38.1 Å². The van der Waals surface area contributed by atoms with Crippen LogP contribution in [0.3, 0.4) is 0 Å². The summed E-state index contributed by atoms with van der Waals surface area (Å²) in [7, 11) is 0. The van der Waals surface area contributed by atoms with Crippen LogP contribution < -0.4 is 35.3 Å². The molecule has 0 amide bonds. The van der Waals surface area contributed by atoms with E-state index in [0.717, 1.165) is 30.4 Å². The van der Waals surface area contributed by atoms with Gasteiger partial charge in [0.15, 0.2) is 41.3 Å². The Labute approximate surface area is 447 Å². The fourth-order valence-electron chi connectivity index (χ4n) is 12.9. The van der Waals surface area contributed by atoms with Gasteiger partial charge >= 0.3 is 11.9 Å². The van der Waals surface area contributed by atoms with E-state index in [1.54, 1.807) is 0 Å². The van der Waals surface area contributed by atoms with Crippen molar-refractivity contribution in [3.8, 4) is 46.3 Å². The second kappa shape index (κ2) is 22.6. The van der Waals surface area contributed by atoms with E-state index < -0.39 is 108 Å². The molecule has 1 saturated heterocycles. The third kappa shape index (κ3) is 10.3. The topological polar surface area (TPSA) is 314 Å². The predicted octanol–water partition coefficient (Wildman–Crippen LogP) is 5.07. The zero-order valence-corrected chi connectivity index (χ0v) is 44.2. The number of hydrogen-bond acceptors (Lipinski definition) is 17. The smallest absolute Gasteiger partial charge is 0.344 e. The first-order valence-electron chi connectivity index (χ1n) is 27.1. The molecule has 5 heterocycles. The first-order chi connectivity index (χ1) is 36.9. The molecule has 3 aromatic rings. The number of aromatic hydroxyl groups is 2. The van der Waals surface area contributed by atoms with Crippen molar-refractivity contribution >= 4 is 23.6 Å². The molecule has 10 unspecified atom stereocenters. The first kappa shape index (κ1) is 55.5. The third-order valence-electron chi connectivity index (χ3n) is 16.7. The second-order valence-corrected chi connectivity index (χ2v) is 22.0. The molecule has 4 bridgehead atoms. The third-order valence-corrected chi connectivity index (χ3v) is 16.7. The number of aliphatic imine (C=N–C) groups is 1. The molecule has 2 fully saturated rings. The number of nitrogens with two attached hydrogens (primary N) is 1. The van der Waals surface area contributed by atoms with Crippen LogP contribution >= 0.6 is 0 Å². The molecule has 3 aromatic carbocycles. The monoisotopic (exact) mass is 1070 g/mol. The molecule has 12 N–H and O–H groups in total. The molecule has 77 heavy (non-hydrogen) atoms. The molecule has 0 radical (unpaired) electrons. The summed E-state index contributed by atoms with van der Waals surface area (Å²) in [6.45, 7) is 8.17. The minimum atomic E-state index is -2.70. The van der Waals surface area contributed by atoms with Crippen LogP contribution in [0.2, 0.25) is 0 Å². The largest absolute Gasteiger partial charge is 0.504 e. The number of carboxylic acid groups (broad SMARTS) is 1. The number of carboxylic acids is 1. The number of aliphatic hydroxyl groups excluding tert-OH is 4. The van der Waals surface area contributed by atoms with Gasteiger partial charge in [0.1, 0.15) is 23.4 Å². The number of aliphatic hydroxyl groups is 5. The Morgan fingerprint density at radius 1 is 1.04 bits per heavy atom. The van der Waals surface area contributed by atoms with Crippen LogP contribution in [0.15, 0.2) is 35.3 Å². The number of esters is 1. The maximum absolute atomic E-state index is 14.6. The average molecular weight is 1070 g/mol. The summed E-state index contributed by atoms with van der Waals surface area (Å²) in [5.74, 6) is 0.349. The van der Waals surface area contributed by atoms with Crippen LogP contribution in [0.4, 0.5) is 5.69 Å². The number of cyclic esters (lactones) is 1. The number of phenols is 2. The first-order valence-corrected chi connectivity index (χ1v) is 27.1. The number of carbonyl (C=O) groups is 2. The van der Waals surface area contributed by atoms with Crippen molar-refractivity contribution in [1.82, 2.24) is 5.32 Å². The van der Waals surface area contributed by atoms with E-state index in [-0.39, 0.29) is 84.1 Å². The van der Waals surface area contributed by atoms with Crippen LogP contribution in [-0.2, 0) is 27.7 Å². The zero-order chi connectivity index (χ0) is 55.0. The Kier molecular flexibility index (Phi) is 16.3. The number of rotatable bonds is 15. The average Bonchev–Trinajstić information content (AvgIpc) is 3.92. The molecule has 6 aliphatic rings. The quantitative estimate of drug-likeness (QED) is 0.0311. The number of guanidine groups is 1. The molecule has 1 saturated carbocycles. The van der Waals surface area contributed by atoms with Gasteiger partial charge in [0.05, 0.1) is 24.5 Å². The van der Waals surface area contributed by atoms with Crippen molar-refractivity contribution in [2.24, 2.45) is 28.5 Å². The number of benzene rings is 3. The molecule has 20 heteroatoms. The van der Waals surface area contributed by atoms with E-state index in [2.05, 4.69) is 41.3 Å². The summed E-state index contributed by atoms with van der Waals surface area (Å²) < 4.78 is 37.9. The zero-order valence-electron chi connectivity index (χ0n) is 44.2. The number of ether oxygens (including phenoxy) is 6. The van der Waals surface area contributed by atoms with Gasteiger partial charge in [-0.15, -0.1) is 0 Å². The number of phenolic OH excluding ortho intramolecular Hbond substituents is 2. The SMILES string of the molecule is CCc1cccc(CCOc2c(O)c3c4c(c2O)C(=O)OC(O)C2(CC4CCCO3)OC3Oc4c(OCN=C(N)NCCCCO)cc(C(=O)O)c5c4C4(CCCC4)C(C#CCC(O)(C3O)C2O)C(CC(C)C)C(C)N5)c1.